The zero-order valence-electron chi connectivity index (χ0n) is 19.5. The number of barbiturate groups is 1. The maximum atomic E-state index is 13.2. The Labute approximate surface area is 218 Å². The van der Waals surface area contributed by atoms with Crippen molar-refractivity contribution in [2.75, 3.05) is 11.5 Å². The van der Waals surface area contributed by atoms with E-state index in [0.29, 0.717) is 34.4 Å². The van der Waals surface area contributed by atoms with Gasteiger partial charge in [-0.2, -0.15) is 0 Å². The summed E-state index contributed by atoms with van der Waals surface area (Å²) in [7, 11) is 0. The molecule has 0 saturated carbocycles. The Bertz CT molecular complexity index is 1390. The normalized spacial score (nSPS) is 14.7. The van der Waals surface area contributed by atoms with E-state index in [1.807, 2.05) is 32.0 Å². The molecule has 3 aromatic carbocycles. The van der Waals surface area contributed by atoms with Crippen molar-refractivity contribution in [2.45, 2.75) is 20.5 Å². The second-order valence-corrected chi connectivity index (χ2v) is 8.82. The van der Waals surface area contributed by atoms with Gasteiger partial charge in [-0.3, -0.25) is 14.9 Å². The average molecular weight is 525 g/mol. The summed E-state index contributed by atoms with van der Waals surface area (Å²) in [4.78, 5) is 39.1. The molecule has 0 atom stereocenters. The quantitative estimate of drug-likeness (QED) is 0.305. The van der Waals surface area contributed by atoms with Gasteiger partial charge in [0.2, 0.25) is 0 Å². The van der Waals surface area contributed by atoms with Gasteiger partial charge < -0.3 is 9.47 Å². The molecule has 1 aliphatic heterocycles. The van der Waals surface area contributed by atoms with Crippen LogP contribution in [0.2, 0.25) is 10.0 Å². The number of amides is 4. The summed E-state index contributed by atoms with van der Waals surface area (Å²) in [5.74, 6) is -0.889. The molecule has 36 heavy (non-hydrogen) atoms. The molecule has 0 bridgehead atoms. The van der Waals surface area contributed by atoms with Crippen LogP contribution in [0, 0.1) is 6.92 Å². The molecule has 7 nitrogen and oxygen atoms in total. The van der Waals surface area contributed by atoms with Crippen molar-refractivity contribution in [3.63, 3.8) is 0 Å². The van der Waals surface area contributed by atoms with Gasteiger partial charge in [-0.1, -0.05) is 47.5 Å². The molecule has 1 fully saturated rings. The lowest BCUT2D eigenvalue weighted by atomic mass is 10.1. The van der Waals surface area contributed by atoms with E-state index in [9.17, 15) is 14.4 Å². The van der Waals surface area contributed by atoms with Crippen molar-refractivity contribution in [3.05, 3.63) is 93.0 Å². The van der Waals surface area contributed by atoms with E-state index >= 15 is 0 Å². The molecule has 0 spiro atoms. The van der Waals surface area contributed by atoms with Gasteiger partial charge in [0, 0.05) is 5.02 Å². The Kier molecular flexibility index (Phi) is 7.62. The van der Waals surface area contributed by atoms with Gasteiger partial charge in [0.25, 0.3) is 11.8 Å². The topological polar surface area (TPSA) is 84.9 Å². The Balaban J connectivity index is 1.66. The van der Waals surface area contributed by atoms with Crippen LogP contribution in [-0.2, 0) is 16.2 Å². The summed E-state index contributed by atoms with van der Waals surface area (Å²) in [5.41, 5.74) is 2.26. The molecule has 0 aliphatic carbocycles. The maximum Gasteiger partial charge on any atom is 0.335 e. The van der Waals surface area contributed by atoms with Crippen LogP contribution in [0.15, 0.2) is 66.2 Å². The fourth-order valence-electron chi connectivity index (χ4n) is 3.68. The van der Waals surface area contributed by atoms with E-state index in [-0.39, 0.29) is 17.2 Å². The molecule has 1 aliphatic rings. The second kappa shape index (κ2) is 10.8. The molecule has 3 aromatic rings. The number of hydrogen-bond donors (Lipinski definition) is 1. The summed E-state index contributed by atoms with van der Waals surface area (Å²) in [6, 6.07) is 16.5. The molecule has 1 heterocycles. The largest absolute Gasteiger partial charge is 0.490 e. The third kappa shape index (κ3) is 5.53. The van der Waals surface area contributed by atoms with E-state index in [4.69, 9.17) is 32.7 Å². The van der Waals surface area contributed by atoms with E-state index in [1.165, 1.54) is 6.08 Å². The number of hydrogen-bond acceptors (Lipinski definition) is 5. The van der Waals surface area contributed by atoms with Crippen molar-refractivity contribution in [3.8, 4) is 11.5 Å². The number of carbonyl (C=O) groups excluding carboxylic acids is 3. The molecule has 1 N–H and O–H groups in total. The third-order valence-corrected chi connectivity index (χ3v) is 5.79. The van der Waals surface area contributed by atoms with Gasteiger partial charge in [0.1, 0.15) is 12.2 Å². The molecule has 4 amide bonds. The van der Waals surface area contributed by atoms with Crippen LogP contribution in [0.3, 0.4) is 0 Å². The van der Waals surface area contributed by atoms with Crippen molar-refractivity contribution in [1.82, 2.24) is 5.32 Å². The van der Waals surface area contributed by atoms with E-state index < -0.39 is 17.8 Å². The highest BCUT2D eigenvalue weighted by atomic mass is 35.5. The van der Waals surface area contributed by atoms with Gasteiger partial charge in [0.15, 0.2) is 11.5 Å². The number of aryl methyl sites for hydroxylation is 1. The number of imide groups is 2. The van der Waals surface area contributed by atoms with Gasteiger partial charge >= 0.3 is 6.03 Å². The van der Waals surface area contributed by atoms with Crippen LogP contribution in [0.1, 0.15) is 23.6 Å². The van der Waals surface area contributed by atoms with Gasteiger partial charge in [-0.15, -0.1) is 0 Å². The predicted molar refractivity (Wildman–Crippen MR) is 139 cm³/mol. The fraction of sp³-hybridized carbons (Fsp3) is 0.148. The smallest absolute Gasteiger partial charge is 0.335 e. The zero-order chi connectivity index (χ0) is 25.8. The highest BCUT2D eigenvalue weighted by Gasteiger charge is 2.37. The summed E-state index contributed by atoms with van der Waals surface area (Å²) < 4.78 is 11.6. The minimum absolute atomic E-state index is 0.204. The lowest BCUT2D eigenvalue weighted by molar-refractivity contribution is -0.122. The second-order valence-electron chi connectivity index (χ2n) is 7.98. The Morgan fingerprint density at radius 1 is 0.972 bits per heavy atom. The highest BCUT2D eigenvalue weighted by Crippen LogP contribution is 2.38. The van der Waals surface area contributed by atoms with Gasteiger partial charge in [-0.05, 0) is 73.0 Å². The third-order valence-electron chi connectivity index (χ3n) is 5.28. The van der Waals surface area contributed by atoms with Crippen LogP contribution in [-0.4, -0.2) is 24.5 Å². The van der Waals surface area contributed by atoms with E-state index in [0.717, 1.165) is 16.0 Å². The lowest BCUT2D eigenvalue weighted by Crippen LogP contribution is -2.54. The SMILES string of the molecule is CCOc1cc(/C=C2\C(=O)NC(=O)N(c3cccc(C)c3)C2=O)cc(Cl)c1OCc1cccc(Cl)c1. The first-order chi connectivity index (χ1) is 17.3. The number of nitrogens with zero attached hydrogens (tertiary/aromatic N) is 1. The number of anilines is 1. The number of urea groups is 1. The molecule has 1 saturated heterocycles. The first-order valence-corrected chi connectivity index (χ1v) is 11.8. The lowest BCUT2D eigenvalue weighted by Gasteiger charge is -2.26. The monoisotopic (exact) mass is 524 g/mol. The number of halogens is 2. The summed E-state index contributed by atoms with van der Waals surface area (Å²) in [6.07, 6.45) is 1.36. The number of rotatable bonds is 7. The highest BCUT2D eigenvalue weighted by molar-refractivity contribution is 6.39. The number of ether oxygens (including phenoxy) is 2. The molecule has 9 heteroatoms. The molecular weight excluding hydrogens is 503 g/mol. The molecule has 0 unspecified atom stereocenters. The van der Waals surface area contributed by atoms with Crippen molar-refractivity contribution < 1.29 is 23.9 Å². The molecule has 4 rings (SSSR count). The maximum absolute atomic E-state index is 13.2. The standard InChI is InChI=1S/C27H22Cl2N2O5/c1-3-35-23-14-18(13-22(29)24(23)36-15-17-7-5-8-19(28)11-17)12-21-25(32)30-27(34)31(26(21)33)20-9-4-6-16(2)10-20/h4-14H,3,15H2,1-2H3,(H,30,32,34)/b21-12+. The fourth-order valence-corrected chi connectivity index (χ4v) is 4.17. The number of carbonyl (C=O) groups is 3. The number of benzene rings is 3. The molecule has 0 aromatic heterocycles. The van der Waals surface area contributed by atoms with Gasteiger partial charge in [0.05, 0.1) is 17.3 Å². The molecule has 0 radical (unpaired) electrons. The Hall–Kier alpha value is -3.81. The minimum Gasteiger partial charge on any atom is -0.490 e. The Morgan fingerprint density at radius 2 is 1.75 bits per heavy atom. The van der Waals surface area contributed by atoms with E-state index in [2.05, 4.69) is 5.32 Å². The zero-order valence-corrected chi connectivity index (χ0v) is 21.0. The van der Waals surface area contributed by atoms with E-state index in [1.54, 1.807) is 42.5 Å². The average Bonchev–Trinajstić information content (AvgIpc) is 2.81. The van der Waals surface area contributed by atoms with Crippen LogP contribution in [0.4, 0.5) is 10.5 Å². The van der Waals surface area contributed by atoms with Crippen LogP contribution in [0.5, 0.6) is 11.5 Å². The first kappa shape index (κ1) is 25.3. The molecular formula is C27H22Cl2N2O5. The summed E-state index contributed by atoms with van der Waals surface area (Å²) in [5, 5.41) is 3.03. The van der Waals surface area contributed by atoms with Crippen molar-refractivity contribution >= 4 is 52.8 Å². The Morgan fingerprint density at radius 3 is 2.47 bits per heavy atom. The number of nitrogens with one attached hydrogen (secondary N) is 1. The first-order valence-electron chi connectivity index (χ1n) is 11.1. The predicted octanol–water partition coefficient (Wildman–Crippen LogP) is 5.95. The van der Waals surface area contributed by atoms with Crippen LogP contribution < -0.4 is 19.7 Å². The molecule has 184 valence electrons. The van der Waals surface area contributed by atoms with Crippen LogP contribution >= 0.6 is 23.2 Å². The summed E-state index contributed by atoms with van der Waals surface area (Å²) in [6.45, 7) is 4.18. The minimum atomic E-state index is -0.814. The van der Waals surface area contributed by atoms with Crippen LogP contribution in [0.25, 0.3) is 6.08 Å². The van der Waals surface area contributed by atoms with Gasteiger partial charge in [-0.25, -0.2) is 9.69 Å². The summed E-state index contributed by atoms with van der Waals surface area (Å²) >= 11 is 12.6. The van der Waals surface area contributed by atoms with Crippen molar-refractivity contribution in [2.24, 2.45) is 0 Å². The van der Waals surface area contributed by atoms with Crippen molar-refractivity contribution in [1.29, 1.82) is 0 Å².